The predicted molar refractivity (Wildman–Crippen MR) is 328 cm³/mol. The molecule has 3 saturated heterocycles. The van der Waals surface area contributed by atoms with Gasteiger partial charge in [-0.25, -0.2) is 0 Å². The third-order valence-corrected chi connectivity index (χ3v) is 16.7. The molecule has 0 aromatic carbocycles. The van der Waals surface area contributed by atoms with Crippen molar-refractivity contribution in [2.45, 2.75) is 336 Å². The van der Waals surface area contributed by atoms with Gasteiger partial charge in [-0.2, -0.15) is 0 Å². The molecule has 17 unspecified atom stereocenters. The Kier molecular flexibility index (Phi) is 44.0. The molecule has 0 spiro atoms. The maximum atomic E-state index is 13.2. The maximum absolute atomic E-state index is 13.2. The monoisotopic (exact) mass is 1210 g/mol. The smallest absolute Gasteiger partial charge is 0.220 e. The first-order valence-electron chi connectivity index (χ1n) is 33.4. The number of rotatable bonds is 50. The SMILES string of the molecule is CC/C=C\C/C=C\C/C=C\C/C=C\CCCCCCCCCCCCCCCCCCCCCCCCCCC(=O)NC(COC1OC(CO)C(OC2OC(CO)C(OC3OC(CO)C(O)C(O)C3O)C(O)C2O)C(O)C1O)C(O)CCCCC. The van der Waals surface area contributed by atoms with E-state index in [0.717, 1.165) is 57.8 Å². The molecule has 3 rings (SSSR count). The maximum Gasteiger partial charge on any atom is 0.220 e. The number of aliphatic hydroxyl groups is 11. The molecule has 0 saturated carbocycles. The Morgan fingerprint density at radius 3 is 1.25 bits per heavy atom. The minimum atomic E-state index is -1.97. The van der Waals surface area contributed by atoms with Crippen LogP contribution in [0.4, 0.5) is 0 Å². The fraction of sp³-hybridized carbons (Fsp3) is 0.864. The van der Waals surface area contributed by atoms with Crippen molar-refractivity contribution in [2.24, 2.45) is 0 Å². The van der Waals surface area contributed by atoms with Crippen molar-refractivity contribution in [3.8, 4) is 0 Å². The van der Waals surface area contributed by atoms with Crippen LogP contribution in [-0.4, -0.2) is 193 Å². The molecule has 85 heavy (non-hydrogen) atoms. The van der Waals surface area contributed by atoms with E-state index in [4.69, 9.17) is 28.4 Å². The number of amides is 1. The number of allylic oxidation sites excluding steroid dienone is 8. The molecule has 1 amide bonds. The minimum absolute atomic E-state index is 0.252. The summed E-state index contributed by atoms with van der Waals surface area (Å²) < 4.78 is 34.1. The van der Waals surface area contributed by atoms with Crippen LogP contribution in [0.3, 0.4) is 0 Å². The quantitative estimate of drug-likeness (QED) is 0.0204. The topological polar surface area (TPSA) is 307 Å². The summed E-state index contributed by atoms with van der Waals surface area (Å²) in [6.45, 7) is 1.49. The molecule has 0 bridgehead atoms. The third kappa shape index (κ3) is 31.4. The van der Waals surface area contributed by atoms with Crippen molar-refractivity contribution in [3.05, 3.63) is 48.6 Å². The first-order valence-corrected chi connectivity index (χ1v) is 33.4. The third-order valence-electron chi connectivity index (χ3n) is 16.7. The molecule has 496 valence electrons. The van der Waals surface area contributed by atoms with Gasteiger partial charge in [0.25, 0.3) is 0 Å². The summed E-state index contributed by atoms with van der Waals surface area (Å²) in [7, 11) is 0. The molecule has 3 aliphatic rings. The van der Waals surface area contributed by atoms with E-state index in [2.05, 4.69) is 60.8 Å². The first-order chi connectivity index (χ1) is 41.3. The highest BCUT2D eigenvalue weighted by Crippen LogP contribution is 2.33. The highest BCUT2D eigenvalue weighted by Gasteiger charge is 2.53. The van der Waals surface area contributed by atoms with Crippen molar-refractivity contribution in [1.29, 1.82) is 0 Å². The summed E-state index contributed by atoms with van der Waals surface area (Å²) in [6, 6.07) is -0.881. The Morgan fingerprint density at radius 1 is 0.435 bits per heavy atom. The molecule has 0 radical (unpaired) electrons. The Labute approximate surface area is 510 Å². The number of unbranched alkanes of at least 4 members (excludes halogenated alkanes) is 26. The van der Waals surface area contributed by atoms with Crippen LogP contribution in [-0.2, 0) is 33.2 Å². The van der Waals surface area contributed by atoms with Gasteiger partial charge in [-0.1, -0.05) is 223 Å². The lowest BCUT2D eigenvalue weighted by atomic mass is 9.96. The van der Waals surface area contributed by atoms with Crippen molar-refractivity contribution < 1.29 is 89.4 Å². The largest absolute Gasteiger partial charge is 0.394 e. The zero-order valence-corrected chi connectivity index (χ0v) is 52.1. The zero-order valence-electron chi connectivity index (χ0n) is 52.1. The van der Waals surface area contributed by atoms with Gasteiger partial charge in [-0.05, 0) is 51.4 Å². The van der Waals surface area contributed by atoms with Gasteiger partial charge in [0.05, 0.1) is 38.6 Å². The van der Waals surface area contributed by atoms with E-state index in [-0.39, 0.29) is 18.9 Å². The van der Waals surface area contributed by atoms with Crippen LogP contribution in [0, 0.1) is 0 Å². The molecule has 12 N–H and O–H groups in total. The summed E-state index contributed by atoms with van der Waals surface area (Å²) in [5, 5.41) is 119. The molecule has 17 atom stereocenters. The van der Waals surface area contributed by atoms with E-state index < -0.39 is 124 Å². The van der Waals surface area contributed by atoms with Crippen LogP contribution in [0.2, 0.25) is 0 Å². The standard InChI is InChI=1S/C66H119NO18/c1-3-5-7-8-9-10-11-12-13-14-15-16-17-18-19-20-21-22-23-24-25-26-27-28-29-30-31-32-33-34-35-36-37-38-39-40-42-44-54(72)67-49(50(71)43-41-6-4-2)48-80-64-60(78)57(75)62(52(46-69)82-64)85-66-61(79)58(76)63(53(47-70)83-66)84-65-59(77)56(74)55(73)51(45-68)81-65/h5,7,9-10,12-13,15-16,49-53,55-66,68-71,73-79H,3-4,6,8,11,14,17-48H2,1-2H3,(H,67,72)/b7-5-,10-9-,13-12-,16-15-. The normalized spacial score (nSPS) is 29.3. The number of carbonyl (C=O) groups excluding carboxylic acids is 1. The second-order valence-electron chi connectivity index (χ2n) is 23.9. The van der Waals surface area contributed by atoms with E-state index in [1.165, 1.54) is 135 Å². The molecule has 3 aliphatic heterocycles. The van der Waals surface area contributed by atoms with Crippen LogP contribution in [0.25, 0.3) is 0 Å². The van der Waals surface area contributed by atoms with E-state index in [1.54, 1.807) is 0 Å². The highest BCUT2D eigenvalue weighted by atomic mass is 16.8. The van der Waals surface area contributed by atoms with Gasteiger partial charge in [-0.3, -0.25) is 4.79 Å². The number of hydrogen-bond donors (Lipinski definition) is 12. The zero-order chi connectivity index (χ0) is 61.9. The van der Waals surface area contributed by atoms with Crippen molar-refractivity contribution in [3.63, 3.8) is 0 Å². The second-order valence-corrected chi connectivity index (χ2v) is 23.9. The molecule has 3 fully saturated rings. The molecule has 0 aromatic rings. The first kappa shape index (κ1) is 77.0. The summed E-state index contributed by atoms with van der Waals surface area (Å²) in [5.74, 6) is -0.252. The predicted octanol–water partition coefficient (Wildman–Crippen LogP) is 7.83. The molecule has 3 heterocycles. The average molecular weight is 1210 g/mol. The van der Waals surface area contributed by atoms with Gasteiger partial charge in [0.15, 0.2) is 18.9 Å². The van der Waals surface area contributed by atoms with Crippen LogP contribution in [0.1, 0.15) is 232 Å². The number of ether oxygens (including phenoxy) is 6. The van der Waals surface area contributed by atoms with Crippen LogP contribution in [0.5, 0.6) is 0 Å². The van der Waals surface area contributed by atoms with Gasteiger partial charge in [0, 0.05) is 6.42 Å². The van der Waals surface area contributed by atoms with Gasteiger partial charge in [0.1, 0.15) is 73.2 Å². The molecular formula is C66H119NO18. The van der Waals surface area contributed by atoms with E-state index in [1.807, 2.05) is 6.92 Å². The highest BCUT2D eigenvalue weighted by molar-refractivity contribution is 5.76. The Bertz CT molecular complexity index is 1740. The van der Waals surface area contributed by atoms with Crippen molar-refractivity contribution >= 4 is 5.91 Å². The minimum Gasteiger partial charge on any atom is -0.394 e. The van der Waals surface area contributed by atoms with Crippen molar-refractivity contribution in [2.75, 3.05) is 26.4 Å². The van der Waals surface area contributed by atoms with Crippen LogP contribution >= 0.6 is 0 Å². The van der Waals surface area contributed by atoms with Crippen molar-refractivity contribution in [1.82, 2.24) is 5.32 Å². The summed E-state index contributed by atoms with van der Waals surface area (Å²) in [4.78, 5) is 13.2. The second kappa shape index (κ2) is 48.6. The lowest BCUT2D eigenvalue weighted by Crippen LogP contribution is -2.66. The molecule has 0 aliphatic carbocycles. The van der Waals surface area contributed by atoms with Gasteiger partial charge < -0.3 is 89.9 Å². The van der Waals surface area contributed by atoms with E-state index >= 15 is 0 Å². The summed E-state index contributed by atoms with van der Waals surface area (Å²) >= 11 is 0. The Balaban J connectivity index is 1.21. The Hall–Kier alpha value is -2.25. The molecule has 0 aromatic heterocycles. The lowest BCUT2D eigenvalue weighted by Gasteiger charge is -2.48. The molecular weight excluding hydrogens is 1090 g/mol. The van der Waals surface area contributed by atoms with Crippen LogP contribution in [0.15, 0.2) is 48.6 Å². The van der Waals surface area contributed by atoms with Crippen LogP contribution < -0.4 is 5.32 Å². The fourth-order valence-corrected chi connectivity index (χ4v) is 11.2. The fourth-order valence-electron chi connectivity index (χ4n) is 11.2. The number of aliphatic hydroxyl groups excluding tert-OH is 11. The molecule has 19 heteroatoms. The Morgan fingerprint density at radius 2 is 0.812 bits per heavy atom. The molecule has 19 nitrogen and oxygen atoms in total. The number of hydrogen-bond acceptors (Lipinski definition) is 18. The van der Waals surface area contributed by atoms with Gasteiger partial charge >= 0.3 is 0 Å². The lowest BCUT2D eigenvalue weighted by molar-refractivity contribution is -0.379. The van der Waals surface area contributed by atoms with Gasteiger partial charge in [-0.15, -0.1) is 0 Å². The summed E-state index contributed by atoms with van der Waals surface area (Å²) in [6.07, 6.45) is 30.9. The number of carbonyl (C=O) groups is 1. The average Bonchev–Trinajstić information content (AvgIpc) is 3.44. The number of nitrogens with one attached hydrogen (secondary N) is 1. The van der Waals surface area contributed by atoms with Gasteiger partial charge in [0.2, 0.25) is 5.91 Å². The summed E-state index contributed by atoms with van der Waals surface area (Å²) in [5.41, 5.74) is 0. The van der Waals surface area contributed by atoms with E-state index in [9.17, 15) is 61.0 Å². The van der Waals surface area contributed by atoms with E-state index in [0.29, 0.717) is 19.3 Å².